The van der Waals surface area contributed by atoms with Gasteiger partial charge in [0.15, 0.2) is 9.84 Å². The van der Waals surface area contributed by atoms with Crippen molar-refractivity contribution >= 4 is 27.1 Å². The Labute approximate surface area is 127 Å². The monoisotopic (exact) mass is 317 g/mol. The molecular formula is C15H24ClNO2S. The number of unbranched alkanes of at least 4 members (excludes halogenated alkanes) is 6. The maximum Gasteiger partial charge on any atom is 0.180 e. The summed E-state index contributed by atoms with van der Waals surface area (Å²) in [6, 6.07) is 4.58. The first-order chi connectivity index (χ1) is 9.47. The van der Waals surface area contributed by atoms with Crippen LogP contribution < -0.4 is 5.73 Å². The molecule has 114 valence electrons. The summed E-state index contributed by atoms with van der Waals surface area (Å²) >= 11 is 5.84. The molecule has 0 saturated carbocycles. The van der Waals surface area contributed by atoms with E-state index in [0.717, 1.165) is 12.8 Å². The summed E-state index contributed by atoms with van der Waals surface area (Å²) in [6.45, 7) is 2.18. The number of nitrogens with two attached hydrogens (primary N) is 1. The Bertz CT molecular complexity index is 515. The maximum absolute atomic E-state index is 12.2. The molecule has 2 N–H and O–H groups in total. The van der Waals surface area contributed by atoms with Crippen LogP contribution in [0, 0.1) is 0 Å². The standard InChI is InChI=1S/C15H24ClNO2S/c1-2-3-4-5-6-7-8-11-20(18,19)15-12-13(16)9-10-14(15)17/h9-10,12H,2-8,11,17H2,1H3. The van der Waals surface area contributed by atoms with Crippen molar-refractivity contribution in [1.29, 1.82) is 0 Å². The van der Waals surface area contributed by atoms with E-state index in [2.05, 4.69) is 6.92 Å². The third kappa shape index (κ3) is 5.71. The van der Waals surface area contributed by atoms with Crippen molar-refractivity contribution in [2.24, 2.45) is 0 Å². The van der Waals surface area contributed by atoms with E-state index in [-0.39, 0.29) is 16.3 Å². The van der Waals surface area contributed by atoms with Gasteiger partial charge in [-0.1, -0.05) is 57.0 Å². The smallest absolute Gasteiger partial charge is 0.180 e. The lowest BCUT2D eigenvalue weighted by Crippen LogP contribution is -2.09. The molecule has 3 nitrogen and oxygen atoms in total. The van der Waals surface area contributed by atoms with Gasteiger partial charge in [-0.2, -0.15) is 0 Å². The van der Waals surface area contributed by atoms with Gasteiger partial charge in [0.2, 0.25) is 0 Å². The zero-order chi connectivity index (χ0) is 15.0. The average molecular weight is 318 g/mol. The number of hydrogen-bond donors (Lipinski definition) is 1. The van der Waals surface area contributed by atoms with Crippen LogP contribution in [0.15, 0.2) is 23.1 Å². The van der Waals surface area contributed by atoms with Crippen LogP contribution in [0.4, 0.5) is 5.69 Å². The molecule has 0 saturated heterocycles. The maximum atomic E-state index is 12.2. The molecule has 1 rings (SSSR count). The highest BCUT2D eigenvalue weighted by Gasteiger charge is 2.17. The van der Waals surface area contributed by atoms with E-state index in [1.807, 2.05) is 0 Å². The Kier molecular flexibility index (Phi) is 7.38. The van der Waals surface area contributed by atoms with Crippen LogP contribution in [-0.4, -0.2) is 14.2 Å². The summed E-state index contributed by atoms with van der Waals surface area (Å²) in [5.74, 6) is 0.144. The molecule has 0 amide bonds. The molecule has 1 aromatic carbocycles. The molecule has 0 aromatic heterocycles. The minimum absolute atomic E-state index is 0.144. The Morgan fingerprint density at radius 2 is 1.65 bits per heavy atom. The molecule has 0 aliphatic heterocycles. The fourth-order valence-corrected chi connectivity index (χ4v) is 3.91. The van der Waals surface area contributed by atoms with Crippen LogP contribution in [0.3, 0.4) is 0 Å². The van der Waals surface area contributed by atoms with Gasteiger partial charge in [0.1, 0.15) is 0 Å². The van der Waals surface area contributed by atoms with Crippen LogP contribution >= 0.6 is 11.6 Å². The molecule has 0 radical (unpaired) electrons. The molecule has 0 bridgehead atoms. The van der Waals surface area contributed by atoms with Gasteiger partial charge in [0.25, 0.3) is 0 Å². The van der Waals surface area contributed by atoms with Crippen LogP contribution in [-0.2, 0) is 9.84 Å². The van der Waals surface area contributed by atoms with E-state index in [9.17, 15) is 8.42 Å². The first-order valence-corrected chi connectivity index (χ1v) is 9.28. The topological polar surface area (TPSA) is 60.2 Å². The number of nitrogen functional groups attached to an aromatic ring is 1. The van der Waals surface area contributed by atoms with E-state index in [1.54, 1.807) is 12.1 Å². The number of anilines is 1. The van der Waals surface area contributed by atoms with Gasteiger partial charge in [-0.15, -0.1) is 0 Å². The molecule has 0 aliphatic carbocycles. The molecule has 0 fully saturated rings. The Balaban J connectivity index is 2.44. The molecule has 20 heavy (non-hydrogen) atoms. The van der Waals surface area contributed by atoms with Crippen LogP contribution in [0.2, 0.25) is 5.02 Å². The fraction of sp³-hybridized carbons (Fsp3) is 0.600. The van der Waals surface area contributed by atoms with Gasteiger partial charge in [0, 0.05) is 5.02 Å². The molecule has 0 spiro atoms. The first-order valence-electron chi connectivity index (χ1n) is 7.25. The molecule has 0 aliphatic rings. The van der Waals surface area contributed by atoms with Crippen molar-refractivity contribution in [3.63, 3.8) is 0 Å². The quantitative estimate of drug-likeness (QED) is 0.541. The van der Waals surface area contributed by atoms with E-state index in [4.69, 9.17) is 17.3 Å². The van der Waals surface area contributed by atoms with Crippen molar-refractivity contribution in [2.45, 2.75) is 56.8 Å². The SMILES string of the molecule is CCCCCCCCCS(=O)(=O)c1cc(Cl)ccc1N. The number of halogens is 1. The molecule has 1 aromatic rings. The van der Waals surface area contributed by atoms with Crippen LogP contribution in [0.1, 0.15) is 51.9 Å². The molecular weight excluding hydrogens is 294 g/mol. The zero-order valence-corrected chi connectivity index (χ0v) is 13.6. The van der Waals surface area contributed by atoms with Gasteiger partial charge in [-0.25, -0.2) is 8.42 Å². The summed E-state index contributed by atoms with van der Waals surface area (Å²) in [6.07, 6.45) is 7.64. The number of benzene rings is 1. The van der Waals surface area contributed by atoms with E-state index < -0.39 is 9.84 Å². The average Bonchev–Trinajstić information content (AvgIpc) is 2.40. The van der Waals surface area contributed by atoms with Crippen molar-refractivity contribution in [2.75, 3.05) is 11.5 Å². The predicted molar refractivity (Wildman–Crippen MR) is 85.9 cm³/mol. The van der Waals surface area contributed by atoms with E-state index in [1.165, 1.54) is 31.7 Å². The Hall–Kier alpha value is -0.740. The van der Waals surface area contributed by atoms with Crippen molar-refractivity contribution in [3.8, 4) is 0 Å². The van der Waals surface area contributed by atoms with E-state index >= 15 is 0 Å². The van der Waals surface area contributed by atoms with Crippen molar-refractivity contribution < 1.29 is 8.42 Å². The minimum atomic E-state index is -3.32. The number of rotatable bonds is 9. The molecule has 0 atom stereocenters. The summed E-state index contributed by atoms with van der Waals surface area (Å²) in [5.41, 5.74) is 6.00. The third-order valence-corrected chi connectivity index (χ3v) is 5.41. The molecule has 5 heteroatoms. The zero-order valence-electron chi connectivity index (χ0n) is 12.1. The van der Waals surface area contributed by atoms with Gasteiger partial charge in [-0.3, -0.25) is 0 Å². The molecule has 0 unspecified atom stereocenters. The largest absolute Gasteiger partial charge is 0.398 e. The summed E-state index contributed by atoms with van der Waals surface area (Å²) in [5, 5.41) is 0.400. The lowest BCUT2D eigenvalue weighted by atomic mass is 10.1. The first kappa shape index (κ1) is 17.3. The fourth-order valence-electron chi connectivity index (χ4n) is 2.14. The van der Waals surface area contributed by atoms with Gasteiger partial charge < -0.3 is 5.73 Å². The summed E-state index contributed by atoms with van der Waals surface area (Å²) in [4.78, 5) is 0.163. The summed E-state index contributed by atoms with van der Waals surface area (Å²) in [7, 11) is -3.32. The lowest BCUT2D eigenvalue weighted by molar-refractivity contribution is 0.579. The van der Waals surface area contributed by atoms with Crippen molar-refractivity contribution in [1.82, 2.24) is 0 Å². The number of hydrogen-bond acceptors (Lipinski definition) is 3. The van der Waals surface area contributed by atoms with Gasteiger partial charge in [-0.05, 0) is 24.6 Å². The second-order valence-electron chi connectivity index (χ2n) is 5.12. The predicted octanol–water partition coefficient (Wildman–Crippen LogP) is 4.45. The highest BCUT2D eigenvalue weighted by Crippen LogP contribution is 2.24. The normalized spacial score (nSPS) is 11.7. The third-order valence-electron chi connectivity index (χ3n) is 3.33. The van der Waals surface area contributed by atoms with E-state index in [0.29, 0.717) is 11.4 Å². The summed E-state index contributed by atoms with van der Waals surface area (Å²) < 4.78 is 24.4. The molecule has 0 heterocycles. The minimum Gasteiger partial charge on any atom is -0.398 e. The van der Waals surface area contributed by atoms with Gasteiger partial charge >= 0.3 is 0 Å². The second kappa shape index (κ2) is 8.53. The highest BCUT2D eigenvalue weighted by molar-refractivity contribution is 7.91. The lowest BCUT2D eigenvalue weighted by Gasteiger charge is -2.08. The van der Waals surface area contributed by atoms with Gasteiger partial charge in [0.05, 0.1) is 16.3 Å². The highest BCUT2D eigenvalue weighted by atomic mass is 35.5. The van der Waals surface area contributed by atoms with Crippen molar-refractivity contribution in [3.05, 3.63) is 23.2 Å². The second-order valence-corrected chi connectivity index (χ2v) is 7.64. The Morgan fingerprint density at radius 1 is 1.05 bits per heavy atom. The van der Waals surface area contributed by atoms with Crippen LogP contribution in [0.5, 0.6) is 0 Å². The van der Waals surface area contributed by atoms with Crippen LogP contribution in [0.25, 0.3) is 0 Å². The number of sulfone groups is 1. The Morgan fingerprint density at radius 3 is 2.30 bits per heavy atom.